The lowest BCUT2D eigenvalue weighted by Gasteiger charge is -2.29. The molecule has 0 radical (unpaired) electrons. The Morgan fingerprint density at radius 2 is 1.83 bits per heavy atom. The molecule has 1 amide bonds. The first-order valence-electron chi connectivity index (χ1n) is 7.75. The van der Waals surface area contributed by atoms with Crippen LogP contribution in [-0.4, -0.2) is 31.3 Å². The molecule has 120 valence electrons. The molecule has 0 aromatic heterocycles. The number of fused-ring (bicyclic) bond motifs is 1. The van der Waals surface area contributed by atoms with Crippen molar-refractivity contribution in [2.45, 2.75) is 25.2 Å². The normalized spacial score (nSPS) is 19.2. The Labute approximate surface area is 136 Å². The predicted molar refractivity (Wildman–Crippen MR) is 88.1 cm³/mol. The topological polar surface area (TPSA) is 38.8 Å². The molecule has 0 N–H and O–H groups in total. The minimum Gasteiger partial charge on any atom is -0.445 e. The summed E-state index contributed by atoms with van der Waals surface area (Å²) in [6.45, 7) is 0.274. The van der Waals surface area contributed by atoms with Gasteiger partial charge < -0.3 is 14.4 Å². The van der Waals surface area contributed by atoms with Gasteiger partial charge in [-0.1, -0.05) is 54.6 Å². The van der Waals surface area contributed by atoms with E-state index in [0.717, 1.165) is 17.5 Å². The number of nitrogens with zero attached hydrogens (tertiary/aromatic N) is 1. The predicted octanol–water partition coefficient (Wildman–Crippen LogP) is 3.57. The SMILES string of the molecule is CO[C@@H]1Cc2ccccc2[C@H]1N(C)C(=O)OCc1ccccc1. The van der Waals surface area contributed by atoms with E-state index in [0.29, 0.717) is 0 Å². The zero-order valence-corrected chi connectivity index (χ0v) is 13.4. The van der Waals surface area contributed by atoms with Crippen LogP contribution in [0.5, 0.6) is 0 Å². The second-order valence-corrected chi connectivity index (χ2v) is 5.77. The first-order chi connectivity index (χ1) is 11.2. The third-order valence-electron chi connectivity index (χ3n) is 4.36. The number of benzene rings is 2. The summed E-state index contributed by atoms with van der Waals surface area (Å²) in [5.74, 6) is 0. The molecule has 3 rings (SSSR count). The minimum absolute atomic E-state index is 0.0401. The lowest BCUT2D eigenvalue weighted by Crippen LogP contribution is -2.37. The average Bonchev–Trinajstić information content (AvgIpc) is 2.98. The van der Waals surface area contributed by atoms with Gasteiger partial charge >= 0.3 is 6.09 Å². The van der Waals surface area contributed by atoms with Crippen LogP contribution >= 0.6 is 0 Å². The number of carbonyl (C=O) groups excluding carboxylic acids is 1. The number of ether oxygens (including phenoxy) is 2. The monoisotopic (exact) mass is 311 g/mol. The van der Waals surface area contributed by atoms with E-state index < -0.39 is 0 Å². The maximum atomic E-state index is 12.4. The quantitative estimate of drug-likeness (QED) is 0.866. The molecule has 1 aliphatic rings. The molecule has 4 heteroatoms. The van der Waals surface area contributed by atoms with Crippen molar-refractivity contribution in [2.24, 2.45) is 0 Å². The molecular weight excluding hydrogens is 290 g/mol. The van der Waals surface area contributed by atoms with Gasteiger partial charge in [0.15, 0.2) is 0 Å². The number of hydrogen-bond donors (Lipinski definition) is 0. The molecule has 0 spiro atoms. The Bertz CT molecular complexity index is 671. The van der Waals surface area contributed by atoms with Crippen LogP contribution < -0.4 is 0 Å². The van der Waals surface area contributed by atoms with Crippen LogP contribution in [0.1, 0.15) is 22.7 Å². The highest BCUT2D eigenvalue weighted by Crippen LogP contribution is 2.37. The Morgan fingerprint density at radius 3 is 2.57 bits per heavy atom. The van der Waals surface area contributed by atoms with Gasteiger partial charge in [-0.2, -0.15) is 0 Å². The molecule has 1 aliphatic carbocycles. The summed E-state index contributed by atoms with van der Waals surface area (Å²) in [4.78, 5) is 14.1. The van der Waals surface area contributed by atoms with Crippen LogP contribution in [0.25, 0.3) is 0 Å². The van der Waals surface area contributed by atoms with Crippen molar-refractivity contribution in [1.29, 1.82) is 0 Å². The number of carbonyl (C=O) groups is 1. The minimum atomic E-state index is -0.336. The highest BCUT2D eigenvalue weighted by Gasteiger charge is 2.37. The van der Waals surface area contributed by atoms with Gasteiger partial charge in [0.25, 0.3) is 0 Å². The summed E-state index contributed by atoms with van der Waals surface area (Å²) in [6, 6.07) is 17.7. The first kappa shape index (κ1) is 15.6. The van der Waals surface area contributed by atoms with Crippen LogP contribution in [0.3, 0.4) is 0 Å². The van der Waals surface area contributed by atoms with Crippen LogP contribution in [-0.2, 0) is 22.5 Å². The van der Waals surface area contributed by atoms with E-state index in [4.69, 9.17) is 9.47 Å². The zero-order chi connectivity index (χ0) is 16.2. The number of rotatable bonds is 4. The van der Waals surface area contributed by atoms with Gasteiger partial charge in [0, 0.05) is 20.6 Å². The van der Waals surface area contributed by atoms with Gasteiger partial charge in [0.2, 0.25) is 0 Å². The highest BCUT2D eigenvalue weighted by atomic mass is 16.6. The van der Waals surface area contributed by atoms with Crippen molar-refractivity contribution >= 4 is 6.09 Å². The largest absolute Gasteiger partial charge is 0.445 e. The Morgan fingerprint density at radius 1 is 1.13 bits per heavy atom. The van der Waals surface area contributed by atoms with E-state index in [1.165, 1.54) is 5.56 Å². The zero-order valence-electron chi connectivity index (χ0n) is 13.4. The molecule has 23 heavy (non-hydrogen) atoms. The molecule has 0 aliphatic heterocycles. The fourth-order valence-electron chi connectivity index (χ4n) is 3.14. The smallest absolute Gasteiger partial charge is 0.410 e. The molecule has 0 bridgehead atoms. The summed E-state index contributed by atoms with van der Waals surface area (Å²) in [6.07, 6.45) is 0.437. The second-order valence-electron chi connectivity index (χ2n) is 5.77. The van der Waals surface area contributed by atoms with E-state index in [-0.39, 0.29) is 24.8 Å². The molecule has 0 heterocycles. The van der Waals surface area contributed by atoms with Crippen molar-refractivity contribution in [3.63, 3.8) is 0 Å². The number of hydrogen-bond acceptors (Lipinski definition) is 3. The van der Waals surface area contributed by atoms with E-state index >= 15 is 0 Å². The maximum Gasteiger partial charge on any atom is 0.410 e. The molecule has 0 saturated heterocycles. The molecule has 2 aromatic carbocycles. The lowest BCUT2D eigenvalue weighted by atomic mass is 10.1. The number of likely N-dealkylation sites (N-methyl/N-ethyl adjacent to an activating group) is 1. The van der Waals surface area contributed by atoms with E-state index in [2.05, 4.69) is 12.1 Å². The van der Waals surface area contributed by atoms with Crippen LogP contribution in [0.15, 0.2) is 54.6 Å². The van der Waals surface area contributed by atoms with Crippen molar-refractivity contribution in [2.75, 3.05) is 14.2 Å². The summed E-state index contributed by atoms with van der Waals surface area (Å²) in [5, 5.41) is 0. The van der Waals surface area contributed by atoms with Gasteiger partial charge in [0.1, 0.15) is 6.61 Å². The van der Waals surface area contributed by atoms with Crippen molar-refractivity contribution in [3.05, 3.63) is 71.3 Å². The standard InChI is InChI=1S/C19H21NO3/c1-20(19(21)23-13-14-8-4-3-5-9-14)18-16-11-7-6-10-15(16)12-17(18)22-2/h3-11,17-18H,12-13H2,1-2H3/t17-,18-/m1/s1. The van der Waals surface area contributed by atoms with E-state index in [9.17, 15) is 4.79 Å². The van der Waals surface area contributed by atoms with Crippen molar-refractivity contribution in [3.8, 4) is 0 Å². The van der Waals surface area contributed by atoms with Gasteiger partial charge in [-0.3, -0.25) is 0 Å². The van der Waals surface area contributed by atoms with Crippen molar-refractivity contribution < 1.29 is 14.3 Å². The Hall–Kier alpha value is -2.33. The fraction of sp³-hybridized carbons (Fsp3) is 0.316. The van der Waals surface area contributed by atoms with Crippen molar-refractivity contribution in [1.82, 2.24) is 4.90 Å². The maximum absolute atomic E-state index is 12.4. The highest BCUT2D eigenvalue weighted by molar-refractivity contribution is 5.68. The van der Waals surface area contributed by atoms with Gasteiger partial charge in [-0.15, -0.1) is 0 Å². The summed E-state index contributed by atoms with van der Waals surface area (Å²) < 4.78 is 11.0. The number of amides is 1. The number of methoxy groups -OCH3 is 1. The summed E-state index contributed by atoms with van der Waals surface area (Å²) >= 11 is 0. The third kappa shape index (κ3) is 3.22. The molecular formula is C19H21NO3. The van der Waals surface area contributed by atoms with Crippen LogP contribution in [0.4, 0.5) is 4.79 Å². The van der Waals surface area contributed by atoms with Crippen LogP contribution in [0, 0.1) is 0 Å². The fourth-order valence-corrected chi connectivity index (χ4v) is 3.14. The Kier molecular flexibility index (Phi) is 4.63. The molecule has 2 atom stereocenters. The Balaban J connectivity index is 1.71. The molecule has 4 nitrogen and oxygen atoms in total. The van der Waals surface area contributed by atoms with E-state index in [1.54, 1.807) is 19.1 Å². The summed E-state index contributed by atoms with van der Waals surface area (Å²) in [7, 11) is 3.46. The molecule has 2 aromatic rings. The molecule has 0 fully saturated rings. The van der Waals surface area contributed by atoms with Gasteiger partial charge in [0.05, 0.1) is 12.1 Å². The summed E-state index contributed by atoms with van der Waals surface area (Å²) in [5.41, 5.74) is 3.34. The van der Waals surface area contributed by atoms with Gasteiger partial charge in [-0.05, 0) is 16.7 Å². The van der Waals surface area contributed by atoms with E-state index in [1.807, 2.05) is 42.5 Å². The van der Waals surface area contributed by atoms with Gasteiger partial charge in [-0.25, -0.2) is 4.79 Å². The third-order valence-corrected chi connectivity index (χ3v) is 4.36. The van der Waals surface area contributed by atoms with Crippen LogP contribution in [0.2, 0.25) is 0 Å². The second kappa shape index (κ2) is 6.84. The first-order valence-corrected chi connectivity index (χ1v) is 7.75. The lowest BCUT2D eigenvalue weighted by molar-refractivity contribution is 0.0244. The average molecular weight is 311 g/mol. The molecule has 0 unspecified atom stereocenters. The molecule has 0 saturated carbocycles.